The number of carboxylic acid groups (broad SMARTS) is 1. The van der Waals surface area contributed by atoms with E-state index in [0.717, 1.165) is 37.4 Å². The summed E-state index contributed by atoms with van der Waals surface area (Å²) in [6, 6.07) is 3.86. The number of aromatic nitrogens is 1. The summed E-state index contributed by atoms with van der Waals surface area (Å²) in [5.74, 6) is 0.132. The third kappa shape index (κ3) is 6.02. The zero-order valence-corrected chi connectivity index (χ0v) is 17.3. The molecular formula is C20H25F3N2O4S. The summed E-state index contributed by atoms with van der Waals surface area (Å²) >= 11 is 1.98. The molecule has 1 saturated carbocycles. The average Bonchev–Trinajstić information content (AvgIpc) is 3.31. The minimum atomic E-state index is -5.08. The fourth-order valence-electron chi connectivity index (χ4n) is 4.12. The van der Waals surface area contributed by atoms with E-state index < -0.39 is 12.1 Å². The molecule has 0 bridgehead atoms. The maximum absolute atomic E-state index is 12.4. The Balaban J connectivity index is 0.000000318. The zero-order chi connectivity index (χ0) is 21.8. The Bertz CT molecular complexity index is 735. The summed E-state index contributed by atoms with van der Waals surface area (Å²) in [5, 5.41) is 7.12. The number of pyridine rings is 1. The number of likely N-dealkylation sites (tertiary alicyclic amines) is 1. The van der Waals surface area contributed by atoms with Crippen LogP contribution in [-0.4, -0.2) is 62.7 Å². The van der Waals surface area contributed by atoms with Crippen molar-refractivity contribution in [3.05, 3.63) is 24.5 Å². The number of hydrogen-bond donors (Lipinski definition) is 1. The first-order valence-corrected chi connectivity index (χ1v) is 10.9. The van der Waals surface area contributed by atoms with E-state index >= 15 is 0 Å². The first-order chi connectivity index (χ1) is 14.2. The summed E-state index contributed by atoms with van der Waals surface area (Å²) in [4.78, 5) is 27.4. The Morgan fingerprint density at radius 3 is 2.53 bits per heavy atom. The molecule has 1 N–H and O–H groups in total. The number of carbonyl (C=O) groups is 2. The van der Waals surface area contributed by atoms with E-state index in [2.05, 4.69) is 9.88 Å². The van der Waals surface area contributed by atoms with Gasteiger partial charge in [-0.15, -0.1) is 11.8 Å². The molecule has 3 aliphatic rings. The summed E-state index contributed by atoms with van der Waals surface area (Å²) in [6.07, 6.45) is 5.63. The molecule has 30 heavy (non-hydrogen) atoms. The van der Waals surface area contributed by atoms with E-state index in [9.17, 15) is 18.0 Å². The molecule has 1 unspecified atom stereocenters. The Labute approximate surface area is 177 Å². The van der Waals surface area contributed by atoms with Crippen LogP contribution in [0.15, 0.2) is 24.5 Å². The van der Waals surface area contributed by atoms with Gasteiger partial charge in [-0.3, -0.25) is 9.78 Å². The minimum absolute atomic E-state index is 0.247. The van der Waals surface area contributed by atoms with Gasteiger partial charge in [0.05, 0.1) is 10.9 Å². The summed E-state index contributed by atoms with van der Waals surface area (Å²) < 4.78 is 38.0. The molecule has 2 aliphatic heterocycles. The molecule has 166 valence electrons. The third-order valence-corrected chi connectivity index (χ3v) is 7.18. The van der Waals surface area contributed by atoms with Crippen LogP contribution in [0, 0.1) is 5.92 Å². The van der Waals surface area contributed by atoms with Gasteiger partial charge in [0.2, 0.25) is 5.91 Å². The van der Waals surface area contributed by atoms with Crippen LogP contribution in [-0.2, 0) is 9.59 Å². The Morgan fingerprint density at radius 2 is 1.97 bits per heavy atom. The highest BCUT2D eigenvalue weighted by Crippen LogP contribution is 2.46. The van der Waals surface area contributed by atoms with E-state index in [0.29, 0.717) is 11.8 Å². The van der Waals surface area contributed by atoms with Gasteiger partial charge >= 0.3 is 12.1 Å². The number of aliphatic carboxylic acids is 1. The minimum Gasteiger partial charge on any atom is -0.488 e. The van der Waals surface area contributed by atoms with Crippen LogP contribution in [0.5, 0.6) is 5.75 Å². The fraction of sp³-hybridized carbons (Fsp3) is 0.650. The van der Waals surface area contributed by atoms with Crippen molar-refractivity contribution in [2.75, 3.05) is 18.8 Å². The lowest BCUT2D eigenvalue weighted by molar-refractivity contribution is -0.192. The molecule has 1 amide bonds. The van der Waals surface area contributed by atoms with Gasteiger partial charge in [0, 0.05) is 37.9 Å². The van der Waals surface area contributed by atoms with E-state index in [1.165, 1.54) is 25.7 Å². The Morgan fingerprint density at radius 1 is 1.30 bits per heavy atom. The van der Waals surface area contributed by atoms with Gasteiger partial charge < -0.3 is 14.7 Å². The van der Waals surface area contributed by atoms with Crippen molar-refractivity contribution in [3.63, 3.8) is 0 Å². The van der Waals surface area contributed by atoms with Crippen molar-refractivity contribution in [3.8, 4) is 5.75 Å². The van der Waals surface area contributed by atoms with Crippen molar-refractivity contribution in [1.29, 1.82) is 0 Å². The molecule has 1 aromatic rings. The summed E-state index contributed by atoms with van der Waals surface area (Å²) in [6.45, 7) is 1.83. The molecule has 3 fully saturated rings. The third-order valence-electron chi connectivity index (χ3n) is 5.60. The lowest BCUT2D eigenvalue weighted by Gasteiger charge is -2.47. The van der Waals surface area contributed by atoms with Crippen molar-refractivity contribution in [2.45, 2.75) is 55.6 Å². The average molecular weight is 446 g/mol. The number of amides is 1. The van der Waals surface area contributed by atoms with Crippen LogP contribution in [0.25, 0.3) is 0 Å². The second kappa shape index (κ2) is 9.45. The van der Waals surface area contributed by atoms with E-state index in [1.807, 2.05) is 23.9 Å². The van der Waals surface area contributed by atoms with E-state index in [1.54, 1.807) is 12.4 Å². The first-order valence-electron chi connectivity index (χ1n) is 9.95. The van der Waals surface area contributed by atoms with Crippen LogP contribution in [0.3, 0.4) is 0 Å². The number of thioether (sulfide) groups is 1. The number of carboxylic acids is 1. The monoisotopic (exact) mass is 446 g/mol. The highest BCUT2D eigenvalue weighted by molar-refractivity contribution is 8.01. The number of hydrogen-bond acceptors (Lipinski definition) is 5. The molecule has 1 aliphatic carbocycles. The predicted molar refractivity (Wildman–Crippen MR) is 105 cm³/mol. The van der Waals surface area contributed by atoms with Crippen LogP contribution in [0.1, 0.15) is 38.5 Å². The van der Waals surface area contributed by atoms with Crippen molar-refractivity contribution in [2.24, 2.45) is 5.92 Å². The van der Waals surface area contributed by atoms with Crippen LogP contribution in [0.2, 0.25) is 0 Å². The summed E-state index contributed by atoms with van der Waals surface area (Å²) in [7, 11) is 0. The Hall–Kier alpha value is -1.97. The van der Waals surface area contributed by atoms with Gasteiger partial charge in [0.25, 0.3) is 0 Å². The van der Waals surface area contributed by atoms with Gasteiger partial charge in [-0.2, -0.15) is 13.2 Å². The molecule has 0 radical (unpaired) electrons. The fourth-order valence-corrected chi connectivity index (χ4v) is 5.65. The number of nitrogens with zero attached hydrogens (tertiary/aromatic N) is 2. The number of alkyl halides is 3. The van der Waals surface area contributed by atoms with Crippen LogP contribution >= 0.6 is 11.8 Å². The first kappa shape index (κ1) is 22.7. The van der Waals surface area contributed by atoms with E-state index in [4.69, 9.17) is 14.6 Å². The number of ether oxygens (including phenoxy) is 1. The lowest BCUT2D eigenvalue weighted by Crippen LogP contribution is -2.61. The predicted octanol–water partition coefficient (Wildman–Crippen LogP) is 3.76. The number of rotatable bonds is 4. The second-order valence-corrected chi connectivity index (χ2v) is 9.52. The SMILES string of the molecule is O=C(CC1CCCC1)N1CC2(CC(Oc3cccnc3)CS2)C1.O=C(O)C(F)(F)F. The maximum Gasteiger partial charge on any atom is 0.490 e. The molecule has 1 aromatic heterocycles. The largest absolute Gasteiger partial charge is 0.490 e. The highest BCUT2D eigenvalue weighted by Gasteiger charge is 2.51. The topological polar surface area (TPSA) is 79.7 Å². The van der Waals surface area contributed by atoms with Gasteiger partial charge in [0.1, 0.15) is 11.9 Å². The van der Waals surface area contributed by atoms with Gasteiger partial charge in [-0.1, -0.05) is 12.8 Å². The molecule has 10 heteroatoms. The maximum atomic E-state index is 12.4. The van der Waals surface area contributed by atoms with Crippen molar-refractivity contribution >= 4 is 23.6 Å². The summed E-state index contributed by atoms with van der Waals surface area (Å²) in [5.41, 5.74) is 0. The second-order valence-electron chi connectivity index (χ2n) is 8.03. The highest BCUT2D eigenvalue weighted by atomic mass is 32.2. The normalized spacial score (nSPS) is 22.9. The number of halogens is 3. The van der Waals surface area contributed by atoms with Crippen LogP contribution in [0.4, 0.5) is 13.2 Å². The number of carbonyl (C=O) groups excluding carboxylic acids is 1. The Kier molecular flexibility index (Phi) is 7.15. The molecule has 6 nitrogen and oxygen atoms in total. The zero-order valence-electron chi connectivity index (χ0n) is 16.4. The quantitative estimate of drug-likeness (QED) is 0.759. The van der Waals surface area contributed by atoms with E-state index in [-0.39, 0.29) is 10.9 Å². The molecule has 1 atom stereocenters. The van der Waals surface area contributed by atoms with Crippen LogP contribution < -0.4 is 4.74 Å². The lowest BCUT2D eigenvalue weighted by atomic mass is 9.91. The standard InChI is InChI=1S/C18H24N2O2S.C2HF3O2/c21-17(8-14-4-1-2-5-14)20-12-18(13-20)9-16(11-23-18)22-15-6-3-7-19-10-15;3-2(4,5)1(6)7/h3,6-7,10,14,16H,1-2,4-5,8-9,11-13H2;(H,6,7). The van der Waals surface area contributed by atoms with Gasteiger partial charge in [0.15, 0.2) is 0 Å². The molecule has 2 saturated heterocycles. The molecular weight excluding hydrogens is 421 g/mol. The van der Waals surface area contributed by atoms with Gasteiger partial charge in [-0.05, 0) is 30.9 Å². The molecule has 0 aromatic carbocycles. The smallest absolute Gasteiger partial charge is 0.488 e. The van der Waals surface area contributed by atoms with Crippen molar-refractivity contribution in [1.82, 2.24) is 9.88 Å². The molecule has 4 rings (SSSR count). The molecule has 3 heterocycles. The van der Waals surface area contributed by atoms with Crippen molar-refractivity contribution < 1.29 is 32.6 Å². The van der Waals surface area contributed by atoms with Gasteiger partial charge in [-0.25, -0.2) is 4.79 Å². The molecule has 1 spiro atoms.